The summed E-state index contributed by atoms with van der Waals surface area (Å²) >= 11 is 1.51. The number of halogens is 1. The average Bonchev–Trinajstić information content (AvgIpc) is 3.39. The predicted octanol–water partition coefficient (Wildman–Crippen LogP) is 5.37. The maximum atomic E-state index is 13.0. The first-order chi connectivity index (χ1) is 13.7. The maximum Gasteiger partial charge on any atom is 0.277 e. The minimum Gasteiger partial charge on any atom is -0.489 e. The van der Waals surface area contributed by atoms with Gasteiger partial charge >= 0.3 is 0 Å². The molecule has 0 spiro atoms. The van der Waals surface area contributed by atoms with Crippen LogP contribution in [0.25, 0.3) is 10.6 Å². The maximum absolute atomic E-state index is 13.0. The first-order valence-corrected chi connectivity index (χ1v) is 9.34. The summed E-state index contributed by atoms with van der Waals surface area (Å²) in [6, 6.07) is 18.5. The topological polar surface area (TPSA) is 64.4 Å². The monoisotopic (exact) mass is 394 g/mol. The number of anilines is 1. The molecule has 0 saturated carbocycles. The molecule has 0 aliphatic heterocycles. The molecule has 7 heteroatoms. The Morgan fingerprint density at radius 3 is 2.75 bits per heavy atom. The Kier molecular flexibility index (Phi) is 5.16. The van der Waals surface area contributed by atoms with Crippen LogP contribution < -0.4 is 10.1 Å². The number of hydrogen-bond acceptors (Lipinski definition) is 5. The predicted molar refractivity (Wildman–Crippen MR) is 105 cm³/mol. The second kappa shape index (κ2) is 8.06. The SMILES string of the molecule is O=C(Nc1cccc(OCc2ccc(F)cc2)c1)c1cc(-c2cccs2)on1. The zero-order chi connectivity index (χ0) is 19.3. The molecule has 0 aliphatic carbocycles. The number of ether oxygens (including phenoxy) is 1. The number of nitrogens with one attached hydrogen (secondary N) is 1. The van der Waals surface area contributed by atoms with Gasteiger partial charge in [-0.25, -0.2) is 4.39 Å². The van der Waals surface area contributed by atoms with E-state index < -0.39 is 0 Å². The van der Waals surface area contributed by atoms with Crippen molar-refractivity contribution in [3.8, 4) is 16.4 Å². The summed E-state index contributed by atoms with van der Waals surface area (Å²) in [7, 11) is 0. The largest absolute Gasteiger partial charge is 0.489 e. The summed E-state index contributed by atoms with van der Waals surface area (Å²) in [6.45, 7) is 0.297. The van der Waals surface area contributed by atoms with E-state index in [0.717, 1.165) is 10.4 Å². The van der Waals surface area contributed by atoms with Crippen LogP contribution in [0.2, 0.25) is 0 Å². The van der Waals surface area contributed by atoms with Crippen LogP contribution in [0.1, 0.15) is 16.1 Å². The number of carbonyl (C=O) groups excluding carboxylic acids is 1. The van der Waals surface area contributed by atoms with Crippen molar-refractivity contribution >= 4 is 22.9 Å². The molecule has 0 radical (unpaired) electrons. The fourth-order valence-corrected chi connectivity index (χ4v) is 3.20. The summed E-state index contributed by atoms with van der Waals surface area (Å²) in [5.41, 5.74) is 1.61. The molecule has 4 rings (SSSR count). The van der Waals surface area contributed by atoms with Gasteiger partial charge < -0.3 is 14.6 Å². The average molecular weight is 394 g/mol. The number of hydrogen-bond donors (Lipinski definition) is 1. The van der Waals surface area contributed by atoms with Crippen LogP contribution in [0, 0.1) is 5.82 Å². The highest BCUT2D eigenvalue weighted by Gasteiger charge is 2.14. The summed E-state index contributed by atoms with van der Waals surface area (Å²) in [4.78, 5) is 13.3. The van der Waals surface area contributed by atoms with Gasteiger partial charge in [0.1, 0.15) is 18.2 Å². The summed E-state index contributed by atoms with van der Waals surface area (Å²) in [5, 5.41) is 8.53. The molecule has 5 nitrogen and oxygen atoms in total. The standard InChI is InChI=1S/C21H15FN2O3S/c22-15-8-6-14(7-9-15)13-26-17-4-1-3-16(11-17)23-21(25)18-12-19(27-24-18)20-5-2-10-28-20/h1-12H,13H2,(H,23,25). The fraction of sp³-hybridized carbons (Fsp3) is 0.0476. The van der Waals surface area contributed by atoms with Crippen LogP contribution in [0.15, 0.2) is 76.6 Å². The smallest absolute Gasteiger partial charge is 0.277 e. The quantitative estimate of drug-likeness (QED) is 0.477. The second-order valence-corrected chi connectivity index (χ2v) is 6.90. The molecule has 1 amide bonds. The molecule has 2 aromatic carbocycles. The van der Waals surface area contributed by atoms with Gasteiger partial charge in [-0.3, -0.25) is 4.79 Å². The minimum atomic E-state index is -0.373. The van der Waals surface area contributed by atoms with E-state index in [2.05, 4.69) is 10.5 Å². The lowest BCUT2D eigenvalue weighted by atomic mass is 10.2. The van der Waals surface area contributed by atoms with Crippen LogP contribution in [0.5, 0.6) is 5.75 Å². The first-order valence-electron chi connectivity index (χ1n) is 8.47. The van der Waals surface area contributed by atoms with Gasteiger partial charge in [-0.1, -0.05) is 29.4 Å². The highest BCUT2D eigenvalue weighted by atomic mass is 32.1. The van der Waals surface area contributed by atoms with Crippen molar-refractivity contribution in [3.63, 3.8) is 0 Å². The molecule has 140 valence electrons. The zero-order valence-electron chi connectivity index (χ0n) is 14.6. The Bertz CT molecular complexity index is 1080. The zero-order valence-corrected chi connectivity index (χ0v) is 15.4. The fourth-order valence-electron chi connectivity index (χ4n) is 2.52. The number of carbonyl (C=O) groups is 1. The first kappa shape index (κ1) is 17.9. The summed E-state index contributed by atoms with van der Waals surface area (Å²) in [6.07, 6.45) is 0. The number of benzene rings is 2. The van der Waals surface area contributed by atoms with Gasteiger partial charge in [-0.2, -0.15) is 0 Å². The van der Waals surface area contributed by atoms with Crippen molar-refractivity contribution in [3.05, 3.63) is 89.2 Å². The van der Waals surface area contributed by atoms with E-state index in [0.29, 0.717) is 23.8 Å². The van der Waals surface area contributed by atoms with Crippen LogP contribution in [0.3, 0.4) is 0 Å². The Balaban J connectivity index is 1.40. The van der Waals surface area contributed by atoms with Gasteiger partial charge in [-0.05, 0) is 41.3 Å². The summed E-state index contributed by atoms with van der Waals surface area (Å²) in [5.74, 6) is 0.476. The van der Waals surface area contributed by atoms with Crippen molar-refractivity contribution in [2.24, 2.45) is 0 Å². The number of aromatic nitrogens is 1. The van der Waals surface area contributed by atoms with Crippen molar-refractivity contribution in [1.29, 1.82) is 0 Å². The number of nitrogens with zero attached hydrogens (tertiary/aromatic N) is 1. The van der Waals surface area contributed by atoms with Crippen LogP contribution in [-0.2, 0) is 6.61 Å². The molecule has 0 bridgehead atoms. The molecule has 0 atom stereocenters. The Morgan fingerprint density at radius 2 is 1.96 bits per heavy atom. The normalized spacial score (nSPS) is 10.6. The number of rotatable bonds is 6. The van der Waals surface area contributed by atoms with E-state index in [-0.39, 0.29) is 17.4 Å². The van der Waals surface area contributed by atoms with E-state index in [1.165, 1.54) is 23.5 Å². The molecule has 0 unspecified atom stereocenters. The van der Waals surface area contributed by atoms with Gasteiger partial charge in [0.05, 0.1) is 4.88 Å². The van der Waals surface area contributed by atoms with E-state index in [1.54, 1.807) is 42.5 Å². The molecule has 28 heavy (non-hydrogen) atoms. The highest BCUT2D eigenvalue weighted by molar-refractivity contribution is 7.13. The number of amides is 1. The molecule has 2 heterocycles. The summed E-state index contributed by atoms with van der Waals surface area (Å²) < 4.78 is 23.9. The van der Waals surface area contributed by atoms with E-state index >= 15 is 0 Å². The molecular formula is C21H15FN2O3S. The Hall–Kier alpha value is -3.45. The molecule has 2 aromatic heterocycles. The molecule has 0 fully saturated rings. The lowest BCUT2D eigenvalue weighted by Gasteiger charge is -2.09. The third-order valence-corrected chi connectivity index (χ3v) is 4.80. The van der Waals surface area contributed by atoms with Gasteiger partial charge in [0.15, 0.2) is 11.5 Å². The molecule has 4 aromatic rings. The van der Waals surface area contributed by atoms with E-state index in [1.807, 2.05) is 17.5 Å². The van der Waals surface area contributed by atoms with Crippen LogP contribution >= 0.6 is 11.3 Å². The highest BCUT2D eigenvalue weighted by Crippen LogP contribution is 2.25. The van der Waals surface area contributed by atoms with Gasteiger partial charge in [-0.15, -0.1) is 11.3 Å². The Morgan fingerprint density at radius 1 is 1.11 bits per heavy atom. The van der Waals surface area contributed by atoms with Crippen molar-refractivity contribution in [2.45, 2.75) is 6.61 Å². The Labute approximate surface area is 164 Å². The van der Waals surface area contributed by atoms with Gasteiger partial charge in [0, 0.05) is 17.8 Å². The third-order valence-electron chi connectivity index (χ3n) is 3.92. The van der Waals surface area contributed by atoms with E-state index in [4.69, 9.17) is 9.26 Å². The second-order valence-electron chi connectivity index (χ2n) is 5.95. The lowest BCUT2D eigenvalue weighted by molar-refractivity contribution is 0.101. The van der Waals surface area contributed by atoms with Crippen molar-refractivity contribution in [1.82, 2.24) is 5.16 Å². The van der Waals surface area contributed by atoms with Crippen molar-refractivity contribution in [2.75, 3.05) is 5.32 Å². The third kappa shape index (κ3) is 4.27. The van der Waals surface area contributed by atoms with Crippen molar-refractivity contribution < 1.29 is 18.4 Å². The lowest BCUT2D eigenvalue weighted by Crippen LogP contribution is -2.12. The molecule has 1 N–H and O–H groups in total. The molecule has 0 saturated heterocycles. The van der Waals surface area contributed by atoms with Crippen LogP contribution in [-0.4, -0.2) is 11.1 Å². The van der Waals surface area contributed by atoms with Gasteiger partial charge in [0.2, 0.25) is 0 Å². The number of thiophene rings is 1. The minimum absolute atomic E-state index is 0.195. The van der Waals surface area contributed by atoms with Gasteiger partial charge in [0.25, 0.3) is 5.91 Å². The molecule has 0 aliphatic rings. The van der Waals surface area contributed by atoms with Crippen LogP contribution in [0.4, 0.5) is 10.1 Å². The van der Waals surface area contributed by atoms with E-state index in [9.17, 15) is 9.18 Å². The molecular weight excluding hydrogens is 379 g/mol.